The Kier molecular flexibility index (Phi) is 9.28. The number of amides is 1. The van der Waals surface area contributed by atoms with Gasteiger partial charge in [0.05, 0.1) is 17.7 Å². The summed E-state index contributed by atoms with van der Waals surface area (Å²) in [7, 11) is 1.24. The average Bonchev–Trinajstić information content (AvgIpc) is 2.99. The Morgan fingerprint density at radius 3 is 1.95 bits per heavy atom. The van der Waals surface area contributed by atoms with Crippen molar-refractivity contribution >= 4 is 23.3 Å². The fourth-order valence-corrected chi connectivity index (χ4v) is 3.69. The maximum atomic E-state index is 12.9. The van der Waals surface area contributed by atoms with Crippen molar-refractivity contribution < 1.29 is 33.5 Å². The average molecular weight is 543 g/mol. The van der Waals surface area contributed by atoms with Crippen LogP contribution in [-0.4, -0.2) is 30.5 Å². The molecule has 204 valence electrons. The minimum Gasteiger partial charge on any atom is -0.488 e. The fourth-order valence-electron chi connectivity index (χ4n) is 3.69. The van der Waals surface area contributed by atoms with Crippen LogP contribution < -0.4 is 19.5 Å². The first-order chi connectivity index (χ1) is 19.4. The first-order valence-electron chi connectivity index (χ1n) is 12.2. The van der Waals surface area contributed by atoms with E-state index in [0.29, 0.717) is 0 Å². The molecule has 10 nitrogen and oxygen atoms in total. The SMILES string of the molecule is COC(=O)c1c(OCc2ccccc2)ccc(NC(=O)COc2ccc([N+](=O)[O-])cc2)c1OCc1ccccc1. The van der Waals surface area contributed by atoms with Crippen LogP contribution in [0.2, 0.25) is 0 Å². The largest absolute Gasteiger partial charge is 0.488 e. The number of non-ortho nitro benzene ring substituents is 1. The fraction of sp³-hybridized carbons (Fsp3) is 0.133. The van der Waals surface area contributed by atoms with Crippen molar-refractivity contribution in [2.24, 2.45) is 0 Å². The van der Waals surface area contributed by atoms with Crippen LogP contribution in [0.4, 0.5) is 11.4 Å². The molecule has 0 aliphatic rings. The van der Waals surface area contributed by atoms with E-state index in [1.54, 1.807) is 12.1 Å². The molecule has 0 atom stereocenters. The van der Waals surface area contributed by atoms with Crippen LogP contribution in [0.5, 0.6) is 17.2 Å². The molecule has 0 aliphatic heterocycles. The molecule has 0 radical (unpaired) electrons. The Bertz CT molecular complexity index is 1460. The first-order valence-corrected chi connectivity index (χ1v) is 12.2. The van der Waals surface area contributed by atoms with Crippen LogP contribution in [0.1, 0.15) is 21.5 Å². The van der Waals surface area contributed by atoms with Gasteiger partial charge in [-0.1, -0.05) is 60.7 Å². The molecule has 1 N–H and O–H groups in total. The first kappa shape index (κ1) is 27.6. The van der Waals surface area contributed by atoms with Gasteiger partial charge in [-0.25, -0.2) is 4.79 Å². The van der Waals surface area contributed by atoms with E-state index in [1.807, 2.05) is 60.7 Å². The van der Waals surface area contributed by atoms with Gasteiger partial charge in [0.1, 0.15) is 30.3 Å². The summed E-state index contributed by atoms with van der Waals surface area (Å²) in [6.45, 7) is -0.0946. The number of rotatable bonds is 12. The van der Waals surface area contributed by atoms with Crippen LogP contribution in [-0.2, 0) is 22.7 Å². The second-order valence-corrected chi connectivity index (χ2v) is 8.44. The quantitative estimate of drug-likeness (QED) is 0.140. The number of nitro benzene ring substituents is 1. The van der Waals surface area contributed by atoms with Gasteiger partial charge in [-0.2, -0.15) is 0 Å². The second-order valence-electron chi connectivity index (χ2n) is 8.44. The van der Waals surface area contributed by atoms with Crippen molar-refractivity contribution in [3.63, 3.8) is 0 Å². The van der Waals surface area contributed by atoms with Gasteiger partial charge in [0, 0.05) is 12.1 Å². The molecule has 0 unspecified atom stereocenters. The number of nitrogens with one attached hydrogen (secondary N) is 1. The third-order valence-electron chi connectivity index (χ3n) is 5.66. The molecule has 4 rings (SSSR count). The molecule has 40 heavy (non-hydrogen) atoms. The Morgan fingerprint density at radius 1 is 0.775 bits per heavy atom. The highest BCUT2D eigenvalue weighted by Crippen LogP contribution is 2.38. The highest BCUT2D eigenvalue weighted by atomic mass is 16.6. The number of carbonyl (C=O) groups is 2. The lowest BCUT2D eigenvalue weighted by Crippen LogP contribution is -2.21. The zero-order valence-electron chi connectivity index (χ0n) is 21.6. The van der Waals surface area contributed by atoms with E-state index in [9.17, 15) is 19.7 Å². The lowest BCUT2D eigenvalue weighted by atomic mass is 10.1. The molecular formula is C30H26N2O8. The number of benzene rings is 4. The van der Waals surface area contributed by atoms with Gasteiger partial charge < -0.3 is 24.3 Å². The van der Waals surface area contributed by atoms with Crippen molar-refractivity contribution in [2.45, 2.75) is 13.2 Å². The predicted octanol–water partition coefficient (Wildman–Crippen LogP) is 5.56. The zero-order valence-corrected chi connectivity index (χ0v) is 21.6. The summed E-state index contributed by atoms with van der Waals surface area (Å²) in [5, 5.41) is 13.5. The summed E-state index contributed by atoms with van der Waals surface area (Å²) in [5.74, 6) is -0.675. The van der Waals surface area contributed by atoms with Crippen LogP contribution >= 0.6 is 0 Å². The predicted molar refractivity (Wildman–Crippen MR) is 147 cm³/mol. The number of hydrogen-bond donors (Lipinski definition) is 1. The highest BCUT2D eigenvalue weighted by Gasteiger charge is 2.25. The van der Waals surface area contributed by atoms with Gasteiger partial charge in [0.2, 0.25) is 0 Å². The topological polar surface area (TPSA) is 126 Å². The standard InChI is InChI=1S/C30H26N2O8/c1-37-30(34)28-26(39-18-21-8-4-2-5-9-21)17-16-25(29(28)40-19-22-10-6-3-7-11-22)31-27(33)20-38-24-14-12-23(13-15-24)32(35)36/h2-17H,18-20H2,1H3,(H,31,33). The summed E-state index contributed by atoms with van der Waals surface area (Å²) in [6.07, 6.45) is 0. The summed E-state index contributed by atoms with van der Waals surface area (Å²) in [4.78, 5) is 36.0. The molecule has 0 heterocycles. The Balaban J connectivity index is 1.58. The van der Waals surface area contributed by atoms with E-state index in [1.165, 1.54) is 31.4 Å². The molecular weight excluding hydrogens is 516 g/mol. The smallest absolute Gasteiger partial charge is 0.345 e. The molecule has 4 aromatic rings. The number of carbonyl (C=O) groups excluding carboxylic acids is 2. The minimum absolute atomic E-state index is 0.0171. The Hall–Kier alpha value is -5.38. The maximum absolute atomic E-state index is 12.9. The van der Waals surface area contributed by atoms with E-state index in [0.717, 1.165) is 11.1 Å². The van der Waals surface area contributed by atoms with Crippen LogP contribution in [0.15, 0.2) is 97.1 Å². The van der Waals surface area contributed by atoms with Crippen molar-refractivity contribution in [3.05, 3.63) is 124 Å². The summed E-state index contributed by atoms with van der Waals surface area (Å²) < 4.78 is 22.5. The van der Waals surface area contributed by atoms with E-state index in [2.05, 4.69) is 5.32 Å². The van der Waals surface area contributed by atoms with E-state index >= 15 is 0 Å². The number of methoxy groups -OCH3 is 1. The number of ether oxygens (including phenoxy) is 4. The summed E-state index contributed by atoms with van der Waals surface area (Å²) in [5.41, 5.74) is 1.87. The molecule has 4 aromatic carbocycles. The summed E-state index contributed by atoms with van der Waals surface area (Å²) in [6, 6.07) is 27.2. The monoisotopic (exact) mass is 542 g/mol. The van der Waals surface area contributed by atoms with Crippen LogP contribution in [0.3, 0.4) is 0 Å². The number of anilines is 1. The second kappa shape index (κ2) is 13.4. The highest BCUT2D eigenvalue weighted by molar-refractivity contribution is 6.01. The Morgan fingerprint density at radius 2 is 1.38 bits per heavy atom. The minimum atomic E-state index is -0.704. The van der Waals surface area contributed by atoms with Crippen molar-refractivity contribution in [2.75, 3.05) is 19.0 Å². The molecule has 0 saturated heterocycles. The van der Waals surface area contributed by atoms with Gasteiger partial charge in [-0.05, 0) is 35.4 Å². The zero-order chi connectivity index (χ0) is 28.3. The van der Waals surface area contributed by atoms with Gasteiger partial charge in [0.25, 0.3) is 11.6 Å². The van der Waals surface area contributed by atoms with Crippen LogP contribution in [0, 0.1) is 10.1 Å². The molecule has 0 bridgehead atoms. The van der Waals surface area contributed by atoms with Gasteiger partial charge in [-0.15, -0.1) is 0 Å². The van der Waals surface area contributed by atoms with E-state index in [-0.39, 0.29) is 47.4 Å². The lowest BCUT2D eigenvalue weighted by Gasteiger charge is -2.19. The molecule has 0 aliphatic carbocycles. The van der Waals surface area contributed by atoms with Crippen molar-refractivity contribution in [1.29, 1.82) is 0 Å². The molecule has 1 amide bonds. The molecule has 0 fully saturated rings. The number of nitrogens with zero attached hydrogens (tertiary/aromatic N) is 1. The number of hydrogen-bond acceptors (Lipinski definition) is 8. The molecule has 0 saturated carbocycles. The third-order valence-corrected chi connectivity index (χ3v) is 5.66. The molecule has 0 spiro atoms. The Labute approximate surface area is 230 Å². The van der Waals surface area contributed by atoms with Gasteiger partial charge in [-0.3, -0.25) is 14.9 Å². The van der Waals surface area contributed by atoms with E-state index in [4.69, 9.17) is 18.9 Å². The molecule has 0 aromatic heterocycles. The maximum Gasteiger partial charge on any atom is 0.345 e. The van der Waals surface area contributed by atoms with E-state index < -0.39 is 23.4 Å². The number of nitro groups is 1. The van der Waals surface area contributed by atoms with Gasteiger partial charge in [0.15, 0.2) is 12.4 Å². The normalized spacial score (nSPS) is 10.3. The van der Waals surface area contributed by atoms with Gasteiger partial charge >= 0.3 is 5.97 Å². The summed E-state index contributed by atoms with van der Waals surface area (Å²) >= 11 is 0. The third kappa shape index (κ3) is 7.35. The van der Waals surface area contributed by atoms with Crippen molar-refractivity contribution in [1.82, 2.24) is 0 Å². The lowest BCUT2D eigenvalue weighted by molar-refractivity contribution is -0.384. The molecule has 10 heteroatoms. The van der Waals surface area contributed by atoms with Crippen molar-refractivity contribution in [3.8, 4) is 17.2 Å². The number of esters is 1. The van der Waals surface area contributed by atoms with Crippen LogP contribution in [0.25, 0.3) is 0 Å².